The Balaban J connectivity index is 2.90. The lowest BCUT2D eigenvalue weighted by molar-refractivity contribution is -0.132. The molecule has 0 N–H and O–H groups in total. The molecule has 0 aliphatic carbocycles. The number of carbonyl (C=O) groups is 2. The number of methoxy groups -OCH3 is 1. The summed E-state index contributed by atoms with van der Waals surface area (Å²) in [6.07, 6.45) is 2.75. The molecule has 0 saturated heterocycles. The maximum atomic E-state index is 11.7. The van der Waals surface area contributed by atoms with Gasteiger partial charge in [0.2, 0.25) is 0 Å². The molecule has 1 rings (SSSR count). The van der Waals surface area contributed by atoms with Crippen LogP contribution in [0.25, 0.3) is 0 Å². The number of amides is 1. The molecule has 0 aromatic carbocycles. The van der Waals surface area contributed by atoms with Gasteiger partial charge in [0.25, 0.3) is 0 Å². The summed E-state index contributed by atoms with van der Waals surface area (Å²) >= 11 is 0. The van der Waals surface area contributed by atoms with E-state index in [1.165, 1.54) is 7.11 Å². The minimum Gasteiger partial charge on any atom is -0.465 e. The van der Waals surface area contributed by atoms with Gasteiger partial charge in [-0.05, 0) is 33.3 Å². The van der Waals surface area contributed by atoms with E-state index in [0.29, 0.717) is 0 Å². The van der Waals surface area contributed by atoms with E-state index < -0.39 is 17.7 Å². The van der Waals surface area contributed by atoms with Gasteiger partial charge in [0.05, 0.1) is 13.3 Å². The highest BCUT2D eigenvalue weighted by Crippen LogP contribution is 2.09. The molecule has 0 atom stereocenters. The van der Waals surface area contributed by atoms with E-state index in [-0.39, 0.29) is 12.1 Å². The van der Waals surface area contributed by atoms with Crippen LogP contribution in [0.15, 0.2) is 17.4 Å². The summed E-state index contributed by atoms with van der Waals surface area (Å²) in [7, 11) is 1.24. The summed E-state index contributed by atoms with van der Waals surface area (Å²) in [5, 5.41) is 4.10. The molecule has 0 radical (unpaired) electrons. The number of carbonyl (C=O) groups excluding carboxylic acids is 2. The molecular formula is C14H21N3O4. The highest BCUT2D eigenvalue weighted by atomic mass is 16.6. The largest absolute Gasteiger partial charge is 0.465 e. The summed E-state index contributed by atoms with van der Waals surface area (Å²) in [5.74, 6) is -0.662. The van der Waals surface area contributed by atoms with Crippen molar-refractivity contribution in [3.05, 3.63) is 18.0 Å². The van der Waals surface area contributed by atoms with Gasteiger partial charge < -0.3 is 9.47 Å². The first-order chi connectivity index (χ1) is 9.75. The average molecular weight is 295 g/mol. The Morgan fingerprint density at radius 3 is 2.52 bits per heavy atom. The van der Waals surface area contributed by atoms with Crippen LogP contribution in [0.2, 0.25) is 0 Å². The van der Waals surface area contributed by atoms with Gasteiger partial charge in [-0.2, -0.15) is 10.1 Å². The Hall–Kier alpha value is -2.18. The molecule has 7 nitrogen and oxygen atoms in total. The van der Waals surface area contributed by atoms with Crippen LogP contribution < -0.4 is 0 Å². The number of ether oxygens (including phenoxy) is 2. The standard InChI is InChI=1S/C14H21N3O4/c1-6-17-9-10(8-15-17)7-11(12(18)20-5)16-13(19)21-14(2,3)4/h8-9H,6-7H2,1-5H3. The van der Waals surface area contributed by atoms with Crippen molar-refractivity contribution >= 4 is 17.8 Å². The van der Waals surface area contributed by atoms with Crippen LogP contribution in [-0.4, -0.2) is 40.3 Å². The maximum Gasteiger partial charge on any atom is 0.434 e. The molecule has 0 saturated carbocycles. The first kappa shape index (κ1) is 16.9. The van der Waals surface area contributed by atoms with Crippen molar-refractivity contribution in [3.63, 3.8) is 0 Å². The molecule has 1 aromatic heterocycles. The molecule has 1 aromatic rings. The van der Waals surface area contributed by atoms with Crippen LogP contribution in [0.3, 0.4) is 0 Å². The fourth-order valence-corrected chi connectivity index (χ4v) is 1.53. The lowest BCUT2D eigenvalue weighted by atomic mass is 10.2. The third-order valence-electron chi connectivity index (χ3n) is 2.42. The van der Waals surface area contributed by atoms with E-state index in [2.05, 4.69) is 14.8 Å². The maximum absolute atomic E-state index is 11.7. The quantitative estimate of drug-likeness (QED) is 0.626. The second-order valence-electron chi connectivity index (χ2n) is 5.41. The normalized spacial score (nSPS) is 12.1. The Labute approximate surface area is 123 Å². The molecule has 0 aliphatic heterocycles. The Morgan fingerprint density at radius 1 is 1.38 bits per heavy atom. The average Bonchev–Trinajstić information content (AvgIpc) is 2.82. The minimum atomic E-state index is -0.814. The van der Waals surface area contributed by atoms with Gasteiger partial charge in [-0.25, -0.2) is 9.59 Å². The van der Waals surface area contributed by atoms with Crippen molar-refractivity contribution < 1.29 is 19.1 Å². The summed E-state index contributed by atoms with van der Waals surface area (Å²) in [6, 6.07) is 0. The number of esters is 1. The zero-order valence-electron chi connectivity index (χ0n) is 13.0. The second kappa shape index (κ2) is 7.01. The summed E-state index contributed by atoms with van der Waals surface area (Å²) in [4.78, 5) is 27.1. The number of aryl methyl sites for hydroxylation is 1. The van der Waals surface area contributed by atoms with Gasteiger partial charge in [-0.3, -0.25) is 4.68 Å². The molecule has 0 spiro atoms. The van der Waals surface area contributed by atoms with Crippen LogP contribution in [0.4, 0.5) is 4.79 Å². The second-order valence-corrected chi connectivity index (χ2v) is 5.41. The van der Waals surface area contributed by atoms with Crippen LogP contribution in [0, 0.1) is 0 Å². The fourth-order valence-electron chi connectivity index (χ4n) is 1.53. The molecule has 21 heavy (non-hydrogen) atoms. The first-order valence-corrected chi connectivity index (χ1v) is 6.65. The van der Waals surface area contributed by atoms with E-state index in [1.54, 1.807) is 37.8 Å². The molecular weight excluding hydrogens is 274 g/mol. The van der Waals surface area contributed by atoms with Crippen LogP contribution >= 0.6 is 0 Å². The molecule has 1 heterocycles. The van der Waals surface area contributed by atoms with Crippen molar-refractivity contribution in [1.29, 1.82) is 0 Å². The predicted octanol–water partition coefficient (Wildman–Crippen LogP) is 1.99. The minimum absolute atomic E-state index is 0.0117. The number of rotatable bonds is 4. The van der Waals surface area contributed by atoms with Crippen LogP contribution in [0.1, 0.15) is 33.3 Å². The fraction of sp³-hybridized carbons (Fsp3) is 0.571. The lowest BCUT2D eigenvalue weighted by Crippen LogP contribution is -2.25. The van der Waals surface area contributed by atoms with E-state index in [0.717, 1.165) is 12.1 Å². The van der Waals surface area contributed by atoms with Gasteiger partial charge in [0.15, 0.2) is 0 Å². The van der Waals surface area contributed by atoms with E-state index in [9.17, 15) is 9.59 Å². The van der Waals surface area contributed by atoms with Crippen molar-refractivity contribution in [2.24, 2.45) is 4.99 Å². The highest BCUT2D eigenvalue weighted by Gasteiger charge is 2.20. The molecule has 7 heteroatoms. The Bertz CT molecular complexity index is 541. The van der Waals surface area contributed by atoms with Gasteiger partial charge in [0, 0.05) is 19.2 Å². The van der Waals surface area contributed by atoms with Gasteiger partial charge in [0.1, 0.15) is 11.3 Å². The van der Waals surface area contributed by atoms with Crippen LogP contribution in [-0.2, 0) is 27.2 Å². The molecule has 0 aliphatic rings. The molecule has 1 amide bonds. The topological polar surface area (TPSA) is 82.8 Å². The Kier molecular flexibility index (Phi) is 5.63. The van der Waals surface area contributed by atoms with Crippen LogP contribution in [0.5, 0.6) is 0 Å². The van der Waals surface area contributed by atoms with Crippen molar-refractivity contribution in [1.82, 2.24) is 9.78 Å². The zero-order chi connectivity index (χ0) is 16.0. The van der Waals surface area contributed by atoms with Gasteiger partial charge in [-0.1, -0.05) is 0 Å². The summed E-state index contributed by atoms with van der Waals surface area (Å²) in [5.41, 5.74) is 0.0847. The molecule has 116 valence electrons. The summed E-state index contributed by atoms with van der Waals surface area (Å²) in [6.45, 7) is 7.85. The predicted molar refractivity (Wildman–Crippen MR) is 77.3 cm³/mol. The zero-order valence-corrected chi connectivity index (χ0v) is 13.0. The number of aliphatic imine (C=N–C) groups is 1. The smallest absolute Gasteiger partial charge is 0.434 e. The highest BCUT2D eigenvalue weighted by molar-refractivity contribution is 6.38. The number of aromatic nitrogens is 2. The van der Waals surface area contributed by atoms with Crippen molar-refractivity contribution in [3.8, 4) is 0 Å². The number of nitrogens with zero attached hydrogens (tertiary/aromatic N) is 3. The third kappa shape index (κ3) is 5.76. The molecule has 0 bridgehead atoms. The summed E-state index contributed by atoms with van der Waals surface area (Å²) < 4.78 is 11.4. The van der Waals surface area contributed by atoms with Gasteiger partial charge >= 0.3 is 12.1 Å². The lowest BCUT2D eigenvalue weighted by Gasteiger charge is -2.17. The number of hydrogen-bond acceptors (Lipinski definition) is 5. The van der Waals surface area contributed by atoms with E-state index >= 15 is 0 Å². The Morgan fingerprint density at radius 2 is 2.05 bits per heavy atom. The molecule has 0 fully saturated rings. The van der Waals surface area contributed by atoms with E-state index in [1.807, 2.05) is 6.92 Å². The van der Waals surface area contributed by atoms with Gasteiger partial charge in [-0.15, -0.1) is 0 Å². The van der Waals surface area contributed by atoms with E-state index in [4.69, 9.17) is 4.74 Å². The number of hydrogen-bond donors (Lipinski definition) is 0. The first-order valence-electron chi connectivity index (χ1n) is 6.65. The monoisotopic (exact) mass is 295 g/mol. The van der Waals surface area contributed by atoms with Crippen molar-refractivity contribution in [2.45, 2.75) is 46.3 Å². The SMILES string of the molecule is CCn1cc(CC(=NC(=O)OC(C)(C)C)C(=O)OC)cn1. The third-order valence-corrected chi connectivity index (χ3v) is 2.42. The van der Waals surface area contributed by atoms with Crippen molar-refractivity contribution in [2.75, 3.05) is 7.11 Å². The molecule has 0 unspecified atom stereocenters.